The van der Waals surface area contributed by atoms with Gasteiger partial charge in [0.2, 0.25) is 0 Å². The average Bonchev–Trinajstić information content (AvgIpc) is 2.78. The lowest BCUT2D eigenvalue weighted by Crippen LogP contribution is -2.14. The number of methoxy groups -OCH3 is 1. The van der Waals surface area contributed by atoms with Gasteiger partial charge in [-0.1, -0.05) is 36.1 Å². The molecule has 0 amide bonds. The van der Waals surface area contributed by atoms with Crippen molar-refractivity contribution >= 4 is 10.8 Å². The van der Waals surface area contributed by atoms with Gasteiger partial charge in [0.15, 0.2) is 11.6 Å². The van der Waals surface area contributed by atoms with Crippen LogP contribution >= 0.6 is 0 Å². The number of hydrogen-bond acceptors (Lipinski definition) is 1. The van der Waals surface area contributed by atoms with Crippen molar-refractivity contribution in [3.05, 3.63) is 82.9 Å². The van der Waals surface area contributed by atoms with E-state index >= 15 is 0 Å². The van der Waals surface area contributed by atoms with Crippen LogP contribution in [0.3, 0.4) is 0 Å². The molecule has 3 aromatic carbocycles. The first kappa shape index (κ1) is 20.6. The molecular weight excluding hydrogens is 378 g/mol. The minimum absolute atomic E-state index is 0.627. The SMILES string of the molecule is COCCC1CCC(c2ccc(C#Cc3cccc4cc(F)c(F)cc34)cc2)CC1. The maximum absolute atomic E-state index is 13.7. The molecule has 3 aromatic rings. The van der Waals surface area contributed by atoms with Gasteiger partial charge in [0, 0.05) is 30.2 Å². The molecule has 3 heteroatoms. The third-order valence-electron chi connectivity index (χ3n) is 6.22. The van der Waals surface area contributed by atoms with Gasteiger partial charge in [-0.15, -0.1) is 0 Å². The molecule has 1 saturated carbocycles. The molecule has 4 rings (SSSR count). The summed E-state index contributed by atoms with van der Waals surface area (Å²) in [7, 11) is 1.77. The number of fused-ring (bicyclic) bond motifs is 1. The van der Waals surface area contributed by atoms with Gasteiger partial charge in [0.05, 0.1) is 0 Å². The number of rotatable bonds is 4. The van der Waals surface area contributed by atoms with E-state index in [9.17, 15) is 8.78 Å². The normalized spacial score (nSPS) is 18.8. The minimum atomic E-state index is -0.849. The van der Waals surface area contributed by atoms with Crippen LogP contribution in [0.15, 0.2) is 54.6 Å². The molecule has 1 aliphatic rings. The second-order valence-electron chi connectivity index (χ2n) is 8.16. The maximum atomic E-state index is 13.7. The van der Waals surface area contributed by atoms with Crippen LogP contribution in [0.2, 0.25) is 0 Å². The summed E-state index contributed by atoms with van der Waals surface area (Å²) in [5, 5.41) is 1.28. The summed E-state index contributed by atoms with van der Waals surface area (Å²) in [6.45, 7) is 0.862. The molecule has 0 radical (unpaired) electrons. The zero-order chi connectivity index (χ0) is 20.9. The Balaban J connectivity index is 1.46. The van der Waals surface area contributed by atoms with Crippen molar-refractivity contribution < 1.29 is 13.5 Å². The van der Waals surface area contributed by atoms with Crippen molar-refractivity contribution in [1.29, 1.82) is 0 Å². The molecule has 0 saturated heterocycles. The predicted molar refractivity (Wildman–Crippen MR) is 117 cm³/mol. The fraction of sp³-hybridized carbons (Fsp3) is 0.333. The third kappa shape index (κ3) is 4.71. The second-order valence-corrected chi connectivity index (χ2v) is 8.16. The molecule has 0 heterocycles. The summed E-state index contributed by atoms with van der Waals surface area (Å²) < 4.78 is 32.4. The number of benzene rings is 3. The van der Waals surface area contributed by atoms with Crippen LogP contribution in [-0.2, 0) is 4.74 Å². The number of ether oxygens (including phenoxy) is 1. The van der Waals surface area contributed by atoms with Crippen LogP contribution in [-0.4, -0.2) is 13.7 Å². The summed E-state index contributed by atoms with van der Waals surface area (Å²) in [5.74, 6) is 6.03. The van der Waals surface area contributed by atoms with Gasteiger partial charge in [-0.3, -0.25) is 0 Å². The molecule has 0 N–H and O–H groups in total. The van der Waals surface area contributed by atoms with E-state index in [1.807, 2.05) is 12.1 Å². The van der Waals surface area contributed by atoms with Gasteiger partial charge in [-0.25, -0.2) is 8.78 Å². The van der Waals surface area contributed by atoms with Crippen molar-refractivity contribution in [3.8, 4) is 11.8 Å². The highest BCUT2D eigenvalue weighted by Gasteiger charge is 2.22. The second kappa shape index (κ2) is 9.41. The first-order valence-electron chi connectivity index (χ1n) is 10.6. The quantitative estimate of drug-likeness (QED) is 0.433. The molecule has 0 spiro atoms. The van der Waals surface area contributed by atoms with Gasteiger partial charge < -0.3 is 4.74 Å². The maximum Gasteiger partial charge on any atom is 0.159 e. The summed E-state index contributed by atoms with van der Waals surface area (Å²) in [6, 6.07) is 16.3. The van der Waals surface area contributed by atoms with E-state index in [4.69, 9.17) is 4.74 Å². The van der Waals surface area contributed by atoms with Crippen molar-refractivity contribution in [2.75, 3.05) is 13.7 Å². The molecule has 0 atom stereocenters. The Bertz CT molecular complexity index is 1070. The van der Waals surface area contributed by atoms with Crippen LogP contribution in [0.4, 0.5) is 8.78 Å². The Morgan fingerprint density at radius 2 is 1.63 bits per heavy atom. The van der Waals surface area contributed by atoms with Crippen LogP contribution in [0.25, 0.3) is 10.8 Å². The van der Waals surface area contributed by atoms with Crippen molar-refractivity contribution in [2.45, 2.75) is 38.0 Å². The fourth-order valence-corrected chi connectivity index (χ4v) is 4.43. The van der Waals surface area contributed by atoms with Crippen molar-refractivity contribution in [2.24, 2.45) is 5.92 Å². The van der Waals surface area contributed by atoms with Crippen molar-refractivity contribution in [3.63, 3.8) is 0 Å². The van der Waals surface area contributed by atoms with Crippen LogP contribution in [0.5, 0.6) is 0 Å². The highest BCUT2D eigenvalue weighted by atomic mass is 19.2. The molecular formula is C27H26F2O. The highest BCUT2D eigenvalue weighted by molar-refractivity contribution is 5.88. The van der Waals surface area contributed by atoms with Gasteiger partial charge in [0.1, 0.15) is 0 Å². The van der Waals surface area contributed by atoms with Gasteiger partial charge in [-0.2, -0.15) is 0 Å². The van der Waals surface area contributed by atoms with Gasteiger partial charge in [0.25, 0.3) is 0 Å². The minimum Gasteiger partial charge on any atom is -0.385 e. The Kier molecular flexibility index (Phi) is 6.45. The molecule has 0 bridgehead atoms. The summed E-state index contributed by atoms with van der Waals surface area (Å²) >= 11 is 0. The van der Waals surface area contributed by atoms with Gasteiger partial charge >= 0.3 is 0 Å². The van der Waals surface area contributed by atoms with E-state index in [2.05, 4.69) is 36.1 Å². The number of halogens is 2. The molecule has 0 unspecified atom stereocenters. The van der Waals surface area contributed by atoms with E-state index in [0.29, 0.717) is 22.3 Å². The Hall–Kier alpha value is -2.70. The Morgan fingerprint density at radius 3 is 2.37 bits per heavy atom. The predicted octanol–water partition coefficient (Wildman–Crippen LogP) is 6.83. The molecule has 1 fully saturated rings. The van der Waals surface area contributed by atoms with Crippen LogP contribution in [0, 0.1) is 29.4 Å². The highest BCUT2D eigenvalue weighted by Crippen LogP contribution is 2.37. The lowest BCUT2D eigenvalue weighted by atomic mass is 9.77. The summed E-state index contributed by atoms with van der Waals surface area (Å²) in [6.07, 6.45) is 6.18. The molecule has 30 heavy (non-hydrogen) atoms. The summed E-state index contributed by atoms with van der Waals surface area (Å²) in [5.41, 5.74) is 3.01. The van der Waals surface area contributed by atoms with E-state index in [1.165, 1.54) is 49.8 Å². The molecule has 0 aromatic heterocycles. The zero-order valence-electron chi connectivity index (χ0n) is 17.3. The van der Waals surface area contributed by atoms with E-state index < -0.39 is 11.6 Å². The zero-order valence-corrected chi connectivity index (χ0v) is 17.3. The molecule has 1 aliphatic carbocycles. The molecule has 0 aliphatic heterocycles. The van der Waals surface area contributed by atoms with Gasteiger partial charge in [-0.05, 0) is 85.2 Å². The monoisotopic (exact) mass is 404 g/mol. The summed E-state index contributed by atoms with van der Waals surface area (Å²) in [4.78, 5) is 0. The number of hydrogen-bond donors (Lipinski definition) is 0. The first-order valence-corrected chi connectivity index (χ1v) is 10.6. The topological polar surface area (TPSA) is 9.23 Å². The van der Waals surface area contributed by atoms with E-state index in [-0.39, 0.29) is 0 Å². The lowest BCUT2D eigenvalue weighted by molar-refractivity contribution is 0.163. The first-order chi connectivity index (χ1) is 14.6. The van der Waals surface area contributed by atoms with E-state index in [1.54, 1.807) is 13.2 Å². The van der Waals surface area contributed by atoms with Crippen molar-refractivity contribution in [1.82, 2.24) is 0 Å². The largest absolute Gasteiger partial charge is 0.385 e. The lowest BCUT2D eigenvalue weighted by Gasteiger charge is -2.28. The van der Waals surface area contributed by atoms with Crippen LogP contribution in [0.1, 0.15) is 54.7 Å². The smallest absolute Gasteiger partial charge is 0.159 e. The Labute approximate surface area is 177 Å². The fourth-order valence-electron chi connectivity index (χ4n) is 4.43. The molecule has 1 nitrogen and oxygen atoms in total. The third-order valence-corrected chi connectivity index (χ3v) is 6.22. The Morgan fingerprint density at radius 1 is 0.900 bits per heavy atom. The standard InChI is InChI=1S/C27H26F2O/c1-30-16-15-20-7-12-22(13-8-20)21-10-5-19(6-11-21)9-14-23-3-2-4-24-17-26(28)27(29)18-25(23)24/h2-6,10-11,17-18,20,22H,7-8,12-13,15-16H2,1H3. The van der Waals surface area contributed by atoms with E-state index in [0.717, 1.165) is 18.1 Å². The average molecular weight is 405 g/mol. The van der Waals surface area contributed by atoms with Crippen LogP contribution < -0.4 is 0 Å². The molecule has 154 valence electrons.